The fourth-order valence-electron chi connectivity index (χ4n) is 3.52. The van der Waals surface area contributed by atoms with Gasteiger partial charge >= 0.3 is 0 Å². The van der Waals surface area contributed by atoms with Crippen molar-refractivity contribution in [3.8, 4) is 0 Å². The highest BCUT2D eigenvalue weighted by Gasteiger charge is 2.37. The zero-order valence-corrected chi connectivity index (χ0v) is 13.2. The van der Waals surface area contributed by atoms with E-state index in [1.165, 1.54) is 19.3 Å². The van der Waals surface area contributed by atoms with Gasteiger partial charge in [0.15, 0.2) is 0 Å². The maximum atomic E-state index is 2.48. The Morgan fingerprint density at radius 1 is 1.17 bits per heavy atom. The Bertz CT molecular complexity index is 355. The van der Waals surface area contributed by atoms with E-state index in [0.717, 1.165) is 23.2 Å². The molecule has 1 aliphatic heterocycles. The van der Waals surface area contributed by atoms with Crippen LogP contribution in [0.5, 0.6) is 0 Å². The number of rotatable bonds is 3. The third kappa shape index (κ3) is 2.80. The van der Waals surface area contributed by atoms with Gasteiger partial charge in [0.25, 0.3) is 0 Å². The molecule has 0 amide bonds. The molecule has 1 heteroatoms. The second-order valence-electron chi connectivity index (χ2n) is 6.08. The molecule has 0 spiro atoms. The fourth-order valence-corrected chi connectivity index (χ4v) is 7.46. The van der Waals surface area contributed by atoms with E-state index in [-0.39, 0.29) is 7.92 Å². The molecule has 0 bridgehead atoms. The third-order valence-electron chi connectivity index (χ3n) is 4.53. The van der Waals surface area contributed by atoms with E-state index in [9.17, 15) is 0 Å². The van der Waals surface area contributed by atoms with Gasteiger partial charge in [0, 0.05) is 0 Å². The minimum atomic E-state index is 0.0274. The highest BCUT2D eigenvalue weighted by atomic mass is 31.1. The molecule has 1 aromatic rings. The van der Waals surface area contributed by atoms with E-state index < -0.39 is 0 Å². The molecule has 0 nitrogen and oxygen atoms in total. The lowest BCUT2D eigenvalue weighted by Crippen LogP contribution is -2.34. The van der Waals surface area contributed by atoms with Gasteiger partial charge in [0.05, 0.1) is 0 Å². The molecule has 1 aliphatic rings. The van der Waals surface area contributed by atoms with E-state index in [1.54, 1.807) is 5.30 Å². The second-order valence-corrected chi connectivity index (χ2v) is 8.74. The van der Waals surface area contributed by atoms with Crippen LogP contribution in [0, 0.1) is 11.8 Å². The van der Waals surface area contributed by atoms with E-state index >= 15 is 0 Å². The Morgan fingerprint density at radius 3 is 2.39 bits per heavy atom. The summed E-state index contributed by atoms with van der Waals surface area (Å²) >= 11 is 0. The quantitative estimate of drug-likeness (QED) is 0.670. The summed E-state index contributed by atoms with van der Waals surface area (Å²) in [6.07, 6.45) is 4.23. The van der Waals surface area contributed by atoms with Gasteiger partial charge in [-0.2, -0.15) is 0 Å². The van der Waals surface area contributed by atoms with Gasteiger partial charge in [-0.1, -0.05) is 65.9 Å². The first-order valence-corrected chi connectivity index (χ1v) is 8.96. The number of hydrogen-bond donors (Lipinski definition) is 0. The van der Waals surface area contributed by atoms with E-state index in [2.05, 4.69) is 58.0 Å². The third-order valence-corrected chi connectivity index (χ3v) is 8.58. The topological polar surface area (TPSA) is 0 Å². The SMILES string of the molecule is CCC1C(C)CCC(C(C)C)P1c1ccccc1. The smallest absolute Gasteiger partial charge is 0.0143 e. The zero-order valence-electron chi connectivity index (χ0n) is 12.3. The van der Waals surface area contributed by atoms with Gasteiger partial charge < -0.3 is 0 Å². The normalized spacial score (nSPS) is 32.7. The number of benzene rings is 1. The lowest BCUT2D eigenvalue weighted by atomic mass is 9.94. The first-order valence-electron chi connectivity index (χ1n) is 7.48. The van der Waals surface area contributed by atoms with Crippen molar-refractivity contribution in [1.29, 1.82) is 0 Å². The molecule has 1 aromatic carbocycles. The Hall–Kier alpha value is -0.350. The molecule has 0 saturated carbocycles. The summed E-state index contributed by atoms with van der Waals surface area (Å²) in [5.41, 5.74) is 1.87. The Kier molecular flexibility index (Phi) is 4.84. The van der Waals surface area contributed by atoms with Crippen molar-refractivity contribution in [3.05, 3.63) is 30.3 Å². The van der Waals surface area contributed by atoms with Crippen molar-refractivity contribution < 1.29 is 0 Å². The molecule has 2 rings (SSSR count). The summed E-state index contributed by atoms with van der Waals surface area (Å²) in [7, 11) is 0.0274. The largest absolute Gasteiger partial charge is 0.0684 e. The molecule has 4 unspecified atom stereocenters. The molecule has 0 aromatic heterocycles. The highest BCUT2D eigenvalue weighted by molar-refractivity contribution is 7.67. The number of hydrogen-bond acceptors (Lipinski definition) is 0. The lowest BCUT2D eigenvalue weighted by Gasteiger charge is -2.44. The molecule has 0 radical (unpaired) electrons. The Balaban J connectivity index is 2.33. The molecular formula is C17H27P. The molecule has 1 heterocycles. The van der Waals surface area contributed by atoms with Crippen LogP contribution in [-0.4, -0.2) is 11.3 Å². The Morgan fingerprint density at radius 2 is 1.83 bits per heavy atom. The van der Waals surface area contributed by atoms with Crippen LogP contribution in [0.15, 0.2) is 30.3 Å². The maximum Gasteiger partial charge on any atom is -0.0143 e. The van der Waals surface area contributed by atoms with Crippen molar-refractivity contribution >= 4 is 13.2 Å². The van der Waals surface area contributed by atoms with Crippen LogP contribution in [-0.2, 0) is 0 Å². The minimum absolute atomic E-state index is 0.0274. The van der Waals surface area contributed by atoms with Crippen molar-refractivity contribution in [2.75, 3.05) is 0 Å². The minimum Gasteiger partial charge on any atom is -0.0684 e. The van der Waals surface area contributed by atoms with Crippen LogP contribution in [0.1, 0.15) is 47.0 Å². The molecule has 0 N–H and O–H groups in total. The summed E-state index contributed by atoms with van der Waals surface area (Å²) in [6.45, 7) is 9.71. The van der Waals surface area contributed by atoms with Crippen molar-refractivity contribution in [1.82, 2.24) is 0 Å². The van der Waals surface area contributed by atoms with E-state index in [0.29, 0.717) is 0 Å². The summed E-state index contributed by atoms with van der Waals surface area (Å²) in [5, 5.41) is 1.64. The molecule has 18 heavy (non-hydrogen) atoms. The second kappa shape index (κ2) is 6.20. The van der Waals surface area contributed by atoms with Gasteiger partial charge in [0.2, 0.25) is 0 Å². The average molecular weight is 262 g/mol. The van der Waals surface area contributed by atoms with Gasteiger partial charge in [-0.3, -0.25) is 0 Å². The predicted molar refractivity (Wildman–Crippen MR) is 84.1 cm³/mol. The monoisotopic (exact) mass is 262 g/mol. The van der Waals surface area contributed by atoms with Crippen LogP contribution in [0.3, 0.4) is 0 Å². The van der Waals surface area contributed by atoms with Gasteiger partial charge in [-0.25, -0.2) is 0 Å². The van der Waals surface area contributed by atoms with Gasteiger partial charge in [0.1, 0.15) is 0 Å². The highest BCUT2D eigenvalue weighted by Crippen LogP contribution is 2.57. The van der Waals surface area contributed by atoms with Crippen LogP contribution in [0.4, 0.5) is 0 Å². The molecule has 0 aliphatic carbocycles. The van der Waals surface area contributed by atoms with Crippen LogP contribution in [0.2, 0.25) is 0 Å². The fraction of sp³-hybridized carbons (Fsp3) is 0.647. The van der Waals surface area contributed by atoms with Crippen LogP contribution >= 0.6 is 7.92 Å². The van der Waals surface area contributed by atoms with E-state index in [1.807, 2.05) is 0 Å². The van der Waals surface area contributed by atoms with Gasteiger partial charge in [-0.05, 0) is 47.7 Å². The summed E-state index contributed by atoms with van der Waals surface area (Å²) < 4.78 is 0. The van der Waals surface area contributed by atoms with Crippen molar-refractivity contribution in [2.24, 2.45) is 11.8 Å². The Labute approximate surface area is 114 Å². The molecular weight excluding hydrogens is 235 g/mol. The van der Waals surface area contributed by atoms with Gasteiger partial charge in [-0.15, -0.1) is 0 Å². The molecule has 1 saturated heterocycles. The van der Waals surface area contributed by atoms with Crippen LogP contribution < -0.4 is 5.30 Å². The maximum absolute atomic E-state index is 2.48. The summed E-state index contributed by atoms with van der Waals surface area (Å²) in [4.78, 5) is 0. The van der Waals surface area contributed by atoms with Crippen molar-refractivity contribution in [3.63, 3.8) is 0 Å². The summed E-state index contributed by atoms with van der Waals surface area (Å²) in [5.74, 6) is 1.74. The zero-order chi connectivity index (χ0) is 13.1. The first kappa shape index (κ1) is 14.1. The molecule has 4 atom stereocenters. The molecule has 100 valence electrons. The molecule has 1 fully saturated rings. The summed E-state index contributed by atoms with van der Waals surface area (Å²) in [6, 6.07) is 11.4. The standard InChI is InChI=1S/C17H27P/c1-5-16-14(4)11-12-17(13(2)3)18(16)15-9-7-6-8-10-15/h6-10,13-14,16-17H,5,11-12H2,1-4H3. The lowest BCUT2D eigenvalue weighted by molar-refractivity contribution is 0.412. The predicted octanol–water partition coefficient (Wildman–Crippen LogP) is 5.03. The van der Waals surface area contributed by atoms with Crippen LogP contribution in [0.25, 0.3) is 0 Å². The van der Waals surface area contributed by atoms with Crippen molar-refractivity contribution in [2.45, 2.75) is 58.3 Å². The van der Waals surface area contributed by atoms with E-state index in [4.69, 9.17) is 0 Å². The first-order chi connectivity index (χ1) is 8.65. The average Bonchev–Trinajstić information content (AvgIpc) is 2.39.